The van der Waals surface area contributed by atoms with Gasteiger partial charge in [0.15, 0.2) is 0 Å². The lowest BCUT2D eigenvalue weighted by atomic mass is 10.00. The summed E-state index contributed by atoms with van der Waals surface area (Å²) < 4.78 is 14.2. The summed E-state index contributed by atoms with van der Waals surface area (Å²) in [6.07, 6.45) is 10.8. The van der Waals surface area contributed by atoms with E-state index in [-0.39, 0.29) is 17.9 Å². The van der Waals surface area contributed by atoms with E-state index in [9.17, 15) is 14.4 Å². The number of allylic oxidation sites excluding steroid dienone is 4. The molecule has 29 heavy (non-hydrogen) atoms. The number of rotatable bonds is 13. The predicted octanol–water partition coefficient (Wildman–Crippen LogP) is 4.69. The molecule has 6 heteroatoms. The number of esters is 3. The zero-order valence-corrected chi connectivity index (χ0v) is 18.7. The molecule has 0 spiro atoms. The summed E-state index contributed by atoms with van der Waals surface area (Å²) in [5.41, 5.74) is 2.38. The molecular weight excluding hydrogens is 372 g/mol. The number of hydrogen-bond donors (Lipinski definition) is 0. The average molecular weight is 409 g/mol. The zero-order valence-electron chi connectivity index (χ0n) is 18.7. The summed E-state index contributed by atoms with van der Waals surface area (Å²) in [6.45, 7) is 5.80. The first kappa shape index (κ1) is 26.6. The van der Waals surface area contributed by atoms with Crippen molar-refractivity contribution in [2.45, 2.75) is 65.7 Å². The van der Waals surface area contributed by atoms with Crippen LogP contribution in [0.4, 0.5) is 0 Å². The third kappa shape index (κ3) is 12.7. The summed E-state index contributed by atoms with van der Waals surface area (Å²) in [6, 6.07) is 0. The van der Waals surface area contributed by atoms with Crippen molar-refractivity contribution in [2.75, 3.05) is 21.3 Å². The van der Waals surface area contributed by atoms with Crippen molar-refractivity contribution in [3.8, 4) is 0 Å². The first-order valence-corrected chi connectivity index (χ1v) is 9.99. The molecular formula is C23H36O6. The van der Waals surface area contributed by atoms with Gasteiger partial charge in [0, 0.05) is 17.6 Å². The largest absolute Gasteiger partial charge is 0.469 e. The normalized spacial score (nSPS) is 13.7. The Morgan fingerprint density at radius 2 is 1.41 bits per heavy atom. The summed E-state index contributed by atoms with van der Waals surface area (Å²) >= 11 is 0. The van der Waals surface area contributed by atoms with Crippen LogP contribution < -0.4 is 0 Å². The second-order valence-corrected chi connectivity index (χ2v) is 7.19. The maximum atomic E-state index is 12.0. The Morgan fingerprint density at radius 3 is 2.00 bits per heavy atom. The molecule has 0 unspecified atom stereocenters. The van der Waals surface area contributed by atoms with Gasteiger partial charge in [-0.2, -0.15) is 0 Å². The molecule has 0 aliphatic carbocycles. The maximum Gasteiger partial charge on any atom is 0.333 e. The van der Waals surface area contributed by atoms with Crippen LogP contribution >= 0.6 is 0 Å². The van der Waals surface area contributed by atoms with Crippen molar-refractivity contribution >= 4 is 17.9 Å². The molecule has 0 amide bonds. The van der Waals surface area contributed by atoms with E-state index in [0.717, 1.165) is 25.7 Å². The first-order valence-electron chi connectivity index (χ1n) is 9.99. The molecule has 0 fully saturated rings. The minimum atomic E-state index is -0.365. The lowest BCUT2D eigenvalue weighted by Crippen LogP contribution is -2.06. The average Bonchev–Trinajstić information content (AvgIpc) is 2.70. The van der Waals surface area contributed by atoms with E-state index < -0.39 is 0 Å². The van der Waals surface area contributed by atoms with Crippen LogP contribution in [0.1, 0.15) is 65.7 Å². The molecule has 0 aromatic heterocycles. The SMILES string of the molecule is COC(=O)C[C@@H](C)CC/C=C(/C)CC/C=C(\CC/C=C(\C)C(=O)OC)C(=O)OC. The predicted molar refractivity (Wildman–Crippen MR) is 113 cm³/mol. The first-order chi connectivity index (χ1) is 13.7. The van der Waals surface area contributed by atoms with Crippen LogP contribution in [0, 0.1) is 5.92 Å². The van der Waals surface area contributed by atoms with Crippen LogP contribution in [0.15, 0.2) is 34.9 Å². The number of carbonyl (C=O) groups is 3. The minimum absolute atomic E-state index is 0.171. The van der Waals surface area contributed by atoms with Crippen LogP contribution in [0.2, 0.25) is 0 Å². The highest BCUT2D eigenvalue weighted by molar-refractivity contribution is 5.89. The quantitative estimate of drug-likeness (QED) is 0.190. The van der Waals surface area contributed by atoms with Crippen LogP contribution in [-0.4, -0.2) is 39.2 Å². The molecule has 0 saturated carbocycles. The fraction of sp³-hybridized carbons (Fsp3) is 0.609. The van der Waals surface area contributed by atoms with Crippen LogP contribution in [0.3, 0.4) is 0 Å². The Morgan fingerprint density at radius 1 is 0.793 bits per heavy atom. The Kier molecular flexibility index (Phi) is 14.3. The van der Waals surface area contributed by atoms with Crippen LogP contribution in [0.5, 0.6) is 0 Å². The number of ether oxygens (including phenoxy) is 3. The molecule has 6 nitrogen and oxygen atoms in total. The lowest BCUT2D eigenvalue weighted by molar-refractivity contribution is -0.141. The van der Waals surface area contributed by atoms with Gasteiger partial charge in [0.1, 0.15) is 0 Å². The Balaban J connectivity index is 4.56. The molecule has 0 bridgehead atoms. The Bertz CT molecular complexity index is 627. The van der Waals surface area contributed by atoms with Gasteiger partial charge in [-0.25, -0.2) is 9.59 Å². The molecule has 1 atom stereocenters. The highest BCUT2D eigenvalue weighted by Gasteiger charge is 2.10. The highest BCUT2D eigenvalue weighted by atomic mass is 16.5. The Hall–Kier alpha value is -2.37. The van der Waals surface area contributed by atoms with E-state index in [0.29, 0.717) is 36.3 Å². The highest BCUT2D eigenvalue weighted by Crippen LogP contribution is 2.16. The fourth-order valence-electron chi connectivity index (χ4n) is 2.77. The fourth-order valence-corrected chi connectivity index (χ4v) is 2.77. The van der Waals surface area contributed by atoms with Gasteiger partial charge in [-0.3, -0.25) is 4.79 Å². The third-order valence-electron chi connectivity index (χ3n) is 4.64. The topological polar surface area (TPSA) is 78.9 Å². The summed E-state index contributed by atoms with van der Waals surface area (Å²) in [7, 11) is 4.12. The zero-order chi connectivity index (χ0) is 22.2. The monoisotopic (exact) mass is 408 g/mol. The van der Waals surface area contributed by atoms with Crippen molar-refractivity contribution in [1.82, 2.24) is 0 Å². The summed E-state index contributed by atoms with van der Waals surface area (Å²) in [4.78, 5) is 34.6. The van der Waals surface area contributed by atoms with Crippen molar-refractivity contribution in [1.29, 1.82) is 0 Å². The second-order valence-electron chi connectivity index (χ2n) is 7.19. The van der Waals surface area contributed by atoms with E-state index in [1.54, 1.807) is 13.0 Å². The molecule has 0 heterocycles. The van der Waals surface area contributed by atoms with Gasteiger partial charge in [0.25, 0.3) is 0 Å². The van der Waals surface area contributed by atoms with Gasteiger partial charge in [-0.15, -0.1) is 0 Å². The second kappa shape index (κ2) is 15.5. The molecule has 0 radical (unpaired) electrons. The van der Waals surface area contributed by atoms with E-state index in [2.05, 4.69) is 22.5 Å². The Labute approximate surface area is 175 Å². The molecule has 0 rings (SSSR count). The van der Waals surface area contributed by atoms with Crippen molar-refractivity contribution in [2.24, 2.45) is 5.92 Å². The smallest absolute Gasteiger partial charge is 0.333 e. The van der Waals surface area contributed by atoms with E-state index in [1.165, 1.54) is 26.9 Å². The van der Waals surface area contributed by atoms with E-state index in [1.807, 2.05) is 13.0 Å². The van der Waals surface area contributed by atoms with Gasteiger partial charge in [0.05, 0.1) is 21.3 Å². The van der Waals surface area contributed by atoms with Gasteiger partial charge in [-0.05, 0) is 58.3 Å². The summed E-state index contributed by atoms with van der Waals surface area (Å²) in [5.74, 6) is -0.586. The summed E-state index contributed by atoms with van der Waals surface area (Å²) in [5, 5.41) is 0. The standard InChI is InChI=1S/C23H36O6/c1-17(10-7-12-18(2)16-21(24)27-4)11-8-14-20(23(26)29-6)15-9-13-19(3)22(25)28-5/h10,13-14,18H,7-9,11-12,15-16H2,1-6H3/b17-10-,19-13+,20-14+/t18-/m0/s1. The number of hydrogen-bond acceptors (Lipinski definition) is 6. The molecule has 0 saturated heterocycles. The molecule has 0 aliphatic heterocycles. The van der Waals surface area contributed by atoms with E-state index in [4.69, 9.17) is 4.74 Å². The molecule has 0 N–H and O–H groups in total. The van der Waals surface area contributed by atoms with Crippen molar-refractivity contribution < 1.29 is 28.6 Å². The van der Waals surface area contributed by atoms with Gasteiger partial charge < -0.3 is 14.2 Å². The number of carbonyl (C=O) groups excluding carboxylic acids is 3. The molecule has 0 aromatic rings. The van der Waals surface area contributed by atoms with Gasteiger partial charge >= 0.3 is 17.9 Å². The maximum absolute atomic E-state index is 12.0. The number of methoxy groups -OCH3 is 3. The lowest BCUT2D eigenvalue weighted by Gasteiger charge is -2.08. The van der Waals surface area contributed by atoms with Gasteiger partial charge in [-0.1, -0.05) is 30.7 Å². The molecule has 164 valence electrons. The van der Waals surface area contributed by atoms with Crippen LogP contribution in [0.25, 0.3) is 0 Å². The molecule has 0 aliphatic rings. The van der Waals surface area contributed by atoms with Crippen molar-refractivity contribution in [3.05, 3.63) is 34.9 Å². The minimum Gasteiger partial charge on any atom is -0.469 e. The third-order valence-corrected chi connectivity index (χ3v) is 4.64. The van der Waals surface area contributed by atoms with Gasteiger partial charge in [0.2, 0.25) is 0 Å². The van der Waals surface area contributed by atoms with E-state index >= 15 is 0 Å². The molecule has 0 aromatic carbocycles. The van der Waals surface area contributed by atoms with Crippen LogP contribution in [-0.2, 0) is 28.6 Å². The van der Waals surface area contributed by atoms with Crippen molar-refractivity contribution in [3.63, 3.8) is 0 Å².